The molecule has 1 amide bonds. The maximum absolute atomic E-state index is 12.8. The van der Waals surface area contributed by atoms with Gasteiger partial charge in [0.05, 0.1) is 12.7 Å². The van der Waals surface area contributed by atoms with Crippen molar-refractivity contribution in [2.45, 2.75) is 32.2 Å². The van der Waals surface area contributed by atoms with E-state index in [1.54, 1.807) is 43.6 Å². The number of rotatable bonds is 3. The van der Waals surface area contributed by atoms with Gasteiger partial charge < -0.3 is 9.64 Å². The fourth-order valence-electron chi connectivity index (χ4n) is 3.12. The van der Waals surface area contributed by atoms with Crippen LogP contribution in [0.3, 0.4) is 0 Å². The van der Waals surface area contributed by atoms with Gasteiger partial charge in [-0.1, -0.05) is 0 Å². The van der Waals surface area contributed by atoms with Gasteiger partial charge in [-0.25, -0.2) is 0 Å². The van der Waals surface area contributed by atoms with Crippen molar-refractivity contribution in [1.29, 1.82) is 0 Å². The minimum Gasteiger partial charge on any atom is -0.497 e. The summed E-state index contributed by atoms with van der Waals surface area (Å²) in [4.78, 5) is 26.9. The monoisotopic (exact) mass is 326 g/mol. The van der Waals surface area contributed by atoms with Crippen LogP contribution >= 0.6 is 0 Å². The molecule has 3 rings (SSSR count). The highest BCUT2D eigenvalue weighted by molar-refractivity contribution is 5.94. The van der Waals surface area contributed by atoms with Crippen molar-refractivity contribution in [2.24, 2.45) is 0 Å². The van der Waals surface area contributed by atoms with E-state index < -0.39 is 0 Å². The maximum atomic E-state index is 12.8. The molecule has 2 aromatic rings. The Morgan fingerprint density at radius 1 is 1.12 bits per heavy atom. The standard InChI is InChI=1S/C19H22N2O3/c1-14-5-3-4-12-20(14)19(23)15-6-11-18(22)21(13-15)16-7-9-17(24-2)10-8-16/h6-11,13-14H,3-5,12H2,1-2H3/t14-/m0/s1. The van der Waals surface area contributed by atoms with Crippen molar-refractivity contribution < 1.29 is 9.53 Å². The molecular formula is C19H22N2O3. The first-order chi connectivity index (χ1) is 11.6. The molecule has 0 saturated carbocycles. The molecule has 0 aliphatic carbocycles. The molecular weight excluding hydrogens is 304 g/mol. The molecule has 1 aromatic carbocycles. The molecule has 0 bridgehead atoms. The number of likely N-dealkylation sites (tertiary alicyclic amines) is 1. The Morgan fingerprint density at radius 2 is 1.88 bits per heavy atom. The summed E-state index contributed by atoms with van der Waals surface area (Å²) in [5, 5.41) is 0. The lowest BCUT2D eigenvalue weighted by Crippen LogP contribution is -2.42. The number of carbonyl (C=O) groups excluding carboxylic acids is 1. The predicted molar refractivity (Wildman–Crippen MR) is 92.9 cm³/mol. The first-order valence-electron chi connectivity index (χ1n) is 8.28. The predicted octanol–water partition coefficient (Wildman–Crippen LogP) is 2.86. The van der Waals surface area contributed by atoms with Gasteiger partial charge in [0.1, 0.15) is 5.75 Å². The summed E-state index contributed by atoms with van der Waals surface area (Å²) >= 11 is 0. The Morgan fingerprint density at radius 3 is 2.54 bits per heavy atom. The van der Waals surface area contributed by atoms with E-state index in [1.165, 1.54) is 10.6 Å². The molecule has 0 unspecified atom stereocenters. The first-order valence-corrected chi connectivity index (χ1v) is 8.28. The van der Waals surface area contributed by atoms with E-state index in [0.717, 1.165) is 31.6 Å². The van der Waals surface area contributed by atoms with E-state index in [-0.39, 0.29) is 17.5 Å². The lowest BCUT2D eigenvalue weighted by Gasteiger charge is -2.33. The molecule has 0 spiro atoms. The number of nitrogens with zero attached hydrogens (tertiary/aromatic N) is 2. The molecule has 126 valence electrons. The van der Waals surface area contributed by atoms with Crippen molar-refractivity contribution in [3.8, 4) is 11.4 Å². The Hall–Kier alpha value is -2.56. The molecule has 2 heterocycles. The van der Waals surface area contributed by atoms with Gasteiger partial charge in [-0.15, -0.1) is 0 Å². The molecule has 0 radical (unpaired) electrons. The number of amides is 1. The Kier molecular flexibility index (Phi) is 4.69. The highest BCUT2D eigenvalue weighted by Gasteiger charge is 2.24. The number of piperidine rings is 1. The third-order valence-corrected chi connectivity index (χ3v) is 4.57. The van der Waals surface area contributed by atoms with Crippen molar-refractivity contribution in [2.75, 3.05) is 13.7 Å². The quantitative estimate of drug-likeness (QED) is 0.871. The van der Waals surface area contributed by atoms with Crippen LogP contribution in [0.25, 0.3) is 5.69 Å². The van der Waals surface area contributed by atoms with E-state index in [0.29, 0.717) is 11.3 Å². The molecule has 5 nitrogen and oxygen atoms in total. The second kappa shape index (κ2) is 6.91. The van der Waals surface area contributed by atoms with E-state index in [2.05, 4.69) is 6.92 Å². The van der Waals surface area contributed by atoms with Crippen molar-refractivity contribution in [3.63, 3.8) is 0 Å². The van der Waals surface area contributed by atoms with Crippen LogP contribution in [0.2, 0.25) is 0 Å². The Bertz CT molecular complexity index is 780. The molecule has 1 fully saturated rings. The zero-order valence-corrected chi connectivity index (χ0v) is 14.1. The fraction of sp³-hybridized carbons (Fsp3) is 0.368. The molecule has 24 heavy (non-hydrogen) atoms. The number of ether oxygens (including phenoxy) is 1. The van der Waals surface area contributed by atoms with Crippen LogP contribution in [0, 0.1) is 0 Å². The van der Waals surface area contributed by atoms with Gasteiger partial charge >= 0.3 is 0 Å². The lowest BCUT2D eigenvalue weighted by molar-refractivity contribution is 0.0635. The van der Waals surface area contributed by atoms with Gasteiger partial charge in [-0.05, 0) is 56.5 Å². The van der Waals surface area contributed by atoms with Gasteiger partial charge in [0.15, 0.2) is 0 Å². The highest BCUT2D eigenvalue weighted by Crippen LogP contribution is 2.19. The Labute approximate surface area is 141 Å². The highest BCUT2D eigenvalue weighted by atomic mass is 16.5. The molecule has 1 aromatic heterocycles. The summed E-state index contributed by atoms with van der Waals surface area (Å²) < 4.78 is 6.64. The molecule has 1 saturated heterocycles. The third kappa shape index (κ3) is 3.20. The van der Waals surface area contributed by atoms with E-state index in [1.807, 2.05) is 4.90 Å². The lowest BCUT2D eigenvalue weighted by atomic mass is 10.0. The van der Waals surface area contributed by atoms with Crippen LogP contribution in [0.4, 0.5) is 0 Å². The summed E-state index contributed by atoms with van der Waals surface area (Å²) in [6.45, 7) is 2.86. The second-order valence-electron chi connectivity index (χ2n) is 6.17. The van der Waals surface area contributed by atoms with Gasteiger partial charge in [-0.2, -0.15) is 0 Å². The van der Waals surface area contributed by atoms with Crippen molar-refractivity contribution >= 4 is 5.91 Å². The summed E-state index contributed by atoms with van der Waals surface area (Å²) in [6, 6.07) is 10.5. The van der Waals surface area contributed by atoms with Crippen LogP contribution in [-0.4, -0.2) is 35.1 Å². The van der Waals surface area contributed by atoms with Crippen LogP contribution in [0.15, 0.2) is 47.4 Å². The molecule has 1 atom stereocenters. The Balaban J connectivity index is 1.93. The minimum atomic E-state index is -0.164. The first kappa shape index (κ1) is 16.3. The third-order valence-electron chi connectivity index (χ3n) is 4.57. The zero-order valence-electron chi connectivity index (χ0n) is 14.1. The molecule has 1 aliphatic rings. The van der Waals surface area contributed by atoms with E-state index in [9.17, 15) is 9.59 Å². The number of methoxy groups -OCH3 is 1. The fourth-order valence-corrected chi connectivity index (χ4v) is 3.12. The van der Waals surface area contributed by atoms with Crippen LogP contribution < -0.4 is 10.3 Å². The number of benzene rings is 1. The van der Waals surface area contributed by atoms with Gasteiger partial charge in [-0.3, -0.25) is 14.2 Å². The van der Waals surface area contributed by atoms with Crippen LogP contribution in [-0.2, 0) is 0 Å². The van der Waals surface area contributed by atoms with Gasteiger partial charge in [0.2, 0.25) is 0 Å². The largest absolute Gasteiger partial charge is 0.497 e. The van der Waals surface area contributed by atoms with Crippen molar-refractivity contribution in [3.05, 3.63) is 58.5 Å². The number of carbonyl (C=O) groups is 1. The summed E-state index contributed by atoms with van der Waals surface area (Å²) in [5.74, 6) is 0.714. The number of pyridine rings is 1. The van der Waals surface area contributed by atoms with Gasteiger partial charge in [0, 0.05) is 30.5 Å². The molecule has 0 N–H and O–H groups in total. The topological polar surface area (TPSA) is 51.5 Å². The minimum absolute atomic E-state index is 0.00976. The average Bonchev–Trinajstić information content (AvgIpc) is 2.62. The second-order valence-corrected chi connectivity index (χ2v) is 6.17. The number of aromatic nitrogens is 1. The van der Waals surface area contributed by atoms with Crippen LogP contribution in [0.5, 0.6) is 5.75 Å². The average molecular weight is 326 g/mol. The number of hydrogen-bond acceptors (Lipinski definition) is 3. The summed E-state index contributed by atoms with van der Waals surface area (Å²) in [7, 11) is 1.60. The molecule has 5 heteroatoms. The van der Waals surface area contributed by atoms with Crippen molar-refractivity contribution in [1.82, 2.24) is 9.47 Å². The van der Waals surface area contributed by atoms with E-state index >= 15 is 0 Å². The SMILES string of the molecule is COc1ccc(-n2cc(C(=O)N3CCCC[C@@H]3C)ccc2=O)cc1. The number of hydrogen-bond donors (Lipinski definition) is 0. The summed E-state index contributed by atoms with van der Waals surface area (Å²) in [6.07, 6.45) is 4.86. The smallest absolute Gasteiger partial charge is 0.255 e. The summed E-state index contributed by atoms with van der Waals surface area (Å²) in [5.41, 5.74) is 1.09. The van der Waals surface area contributed by atoms with Gasteiger partial charge in [0.25, 0.3) is 11.5 Å². The normalized spacial score (nSPS) is 17.6. The molecule has 1 aliphatic heterocycles. The van der Waals surface area contributed by atoms with Crippen LogP contribution in [0.1, 0.15) is 36.5 Å². The zero-order chi connectivity index (χ0) is 17.1. The van der Waals surface area contributed by atoms with E-state index in [4.69, 9.17) is 4.74 Å². The maximum Gasteiger partial charge on any atom is 0.255 e.